The zero-order valence-electron chi connectivity index (χ0n) is 7.71. The molecule has 0 aliphatic heterocycles. The summed E-state index contributed by atoms with van der Waals surface area (Å²) in [5.41, 5.74) is 7.04. The van der Waals surface area contributed by atoms with Crippen molar-refractivity contribution in [3.8, 4) is 0 Å². The van der Waals surface area contributed by atoms with Crippen LogP contribution >= 0.6 is 31.9 Å². The average molecular weight is 323 g/mol. The van der Waals surface area contributed by atoms with Crippen molar-refractivity contribution in [2.24, 2.45) is 5.73 Å². The Hall–Kier alpha value is 0.1000. The van der Waals surface area contributed by atoms with Crippen LogP contribution in [0.5, 0.6) is 0 Å². The number of halogens is 2. The minimum absolute atomic E-state index is 0.00606. The number of hydrogen-bond acceptors (Lipinski definition) is 2. The number of aliphatic hydroxyl groups is 1. The molecule has 0 radical (unpaired) electrons. The summed E-state index contributed by atoms with van der Waals surface area (Å²) in [5.74, 6) is 0. The van der Waals surface area contributed by atoms with Gasteiger partial charge in [0.1, 0.15) is 0 Å². The second kappa shape index (κ2) is 5.85. The van der Waals surface area contributed by atoms with Gasteiger partial charge in [0, 0.05) is 21.6 Å². The molecule has 0 spiro atoms. The SMILES string of the molecule is N[C@H](CCCO)c1ccc(Br)c(Br)c1. The highest BCUT2D eigenvalue weighted by Crippen LogP contribution is 2.27. The van der Waals surface area contributed by atoms with Crippen LogP contribution in [0.25, 0.3) is 0 Å². The van der Waals surface area contributed by atoms with E-state index in [-0.39, 0.29) is 12.6 Å². The van der Waals surface area contributed by atoms with Gasteiger partial charge < -0.3 is 10.8 Å². The molecule has 0 aliphatic rings. The highest BCUT2D eigenvalue weighted by atomic mass is 79.9. The molecule has 1 aromatic carbocycles. The van der Waals surface area contributed by atoms with Crippen LogP contribution < -0.4 is 5.73 Å². The third-order valence-electron chi connectivity index (χ3n) is 2.05. The molecular weight excluding hydrogens is 310 g/mol. The van der Waals surface area contributed by atoms with E-state index >= 15 is 0 Å². The number of hydrogen-bond donors (Lipinski definition) is 2. The van der Waals surface area contributed by atoms with E-state index in [0.717, 1.165) is 27.4 Å². The first-order valence-electron chi connectivity index (χ1n) is 4.46. The van der Waals surface area contributed by atoms with E-state index in [9.17, 15) is 0 Å². The van der Waals surface area contributed by atoms with Gasteiger partial charge in [-0.3, -0.25) is 0 Å². The van der Waals surface area contributed by atoms with Crippen LogP contribution in [0.2, 0.25) is 0 Å². The summed E-state index contributed by atoms with van der Waals surface area (Å²) in [4.78, 5) is 0. The van der Waals surface area contributed by atoms with Gasteiger partial charge in [0.2, 0.25) is 0 Å². The Bertz CT molecular complexity index is 304. The fraction of sp³-hybridized carbons (Fsp3) is 0.400. The molecule has 1 aromatic rings. The molecule has 0 heterocycles. The summed E-state index contributed by atoms with van der Waals surface area (Å²) in [7, 11) is 0. The van der Waals surface area contributed by atoms with Gasteiger partial charge in [-0.15, -0.1) is 0 Å². The lowest BCUT2D eigenvalue weighted by Gasteiger charge is -2.11. The quantitative estimate of drug-likeness (QED) is 0.895. The minimum Gasteiger partial charge on any atom is -0.396 e. The van der Waals surface area contributed by atoms with Gasteiger partial charge in [0.25, 0.3) is 0 Å². The first-order chi connectivity index (χ1) is 6.65. The lowest BCUT2D eigenvalue weighted by Crippen LogP contribution is -2.10. The number of aliphatic hydroxyl groups excluding tert-OH is 1. The molecule has 0 fully saturated rings. The van der Waals surface area contributed by atoms with Crippen LogP contribution in [0.3, 0.4) is 0 Å². The molecule has 3 N–H and O–H groups in total. The van der Waals surface area contributed by atoms with Gasteiger partial charge in [-0.2, -0.15) is 0 Å². The predicted molar refractivity (Wildman–Crippen MR) is 65.1 cm³/mol. The van der Waals surface area contributed by atoms with E-state index in [4.69, 9.17) is 10.8 Å². The molecule has 0 unspecified atom stereocenters. The molecule has 1 rings (SSSR count). The first kappa shape index (κ1) is 12.2. The molecule has 1 atom stereocenters. The summed E-state index contributed by atoms with van der Waals surface area (Å²) in [6.45, 7) is 0.200. The van der Waals surface area contributed by atoms with Gasteiger partial charge >= 0.3 is 0 Å². The molecule has 78 valence electrons. The summed E-state index contributed by atoms with van der Waals surface area (Å²) < 4.78 is 2.03. The maximum atomic E-state index is 8.69. The van der Waals surface area contributed by atoms with E-state index in [0.29, 0.717) is 0 Å². The lowest BCUT2D eigenvalue weighted by atomic mass is 10.0. The highest BCUT2D eigenvalue weighted by molar-refractivity contribution is 9.13. The Morgan fingerprint density at radius 3 is 2.57 bits per heavy atom. The zero-order chi connectivity index (χ0) is 10.6. The molecule has 0 amide bonds. The summed E-state index contributed by atoms with van der Waals surface area (Å²) in [5, 5.41) is 8.69. The van der Waals surface area contributed by atoms with Gasteiger partial charge in [0.05, 0.1) is 0 Å². The van der Waals surface area contributed by atoms with Gasteiger partial charge in [0.15, 0.2) is 0 Å². The van der Waals surface area contributed by atoms with Crippen molar-refractivity contribution in [2.45, 2.75) is 18.9 Å². The smallest absolute Gasteiger partial charge is 0.0431 e. The van der Waals surface area contributed by atoms with E-state index in [1.54, 1.807) is 0 Å². The summed E-state index contributed by atoms with van der Waals surface area (Å²) in [6, 6.07) is 5.98. The highest BCUT2D eigenvalue weighted by Gasteiger charge is 2.06. The Morgan fingerprint density at radius 2 is 2.00 bits per heavy atom. The van der Waals surface area contributed by atoms with E-state index in [2.05, 4.69) is 31.9 Å². The van der Waals surface area contributed by atoms with E-state index < -0.39 is 0 Å². The van der Waals surface area contributed by atoms with Gasteiger partial charge in [-0.05, 0) is 62.4 Å². The fourth-order valence-corrected chi connectivity index (χ4v) is 1.86. The summed E-state index contributed by atoms with van der Waals surface area (Å²) in [6.07, 6.45) is 1.55. The van der Waals surface area contributed by atoms with Crippen molar-refractivity contribution >= 4 is 31.9 Å². The maximum Gasteiger partial charge on any atom is 0.0431 e. The topological polar surface area (TPSA) is 46.2 Å². The maximum absolute atomic E-state index is 8.69. The minimum atomic E-state index is 0.00606. The van der Waals surface area contributed by atoms with Crippen molar-refractivity contribution in [1.82, 2.24) is 0 Å². The Kier molecular flexibility index (Phi) is 5.09. The third kappa shape index (κ3) is 3.35. The molecule has 0 bridgehead atoms. The second-order valence-electron chi connectivity index (χ2n) is 3.15. The van der Waals surface area contributed by atoms with Crippen LogP contribution in [-0.2, 0) is 0 Å². The Morgan fingerprint density at radius 1 is 1.29 bits per heavy atom. The second-order valence-corrected chi connectivity index (χ2v) is 4.85. The first-order valence-corrected chi connectivity index (χ1v) is 6.05. The van der Waals surface area contributed by atoms with Crippen molar-refractivity contribution in [3.63, 3.8) is 0 Å². The standard InChI is InChI=1S/C10H13Br2NO/c11-8-4-3-7(6-9(8)12)10(13)2-1-5-14/h3-4,6,10,14H,1-2,5,13H2/t10-/m1/s1. The van der Waals surface area contributed by atoms with Gasteiger partial charge in [-0.25, -0.2) is 0 Å². The zero-order valence-corrected chi connectivity index (χ0v) is 10.9. The summed E-state index contributed by atoms with van der Waals surface area (Å²) >= 11 is 6.83. The third-order valence-corrected chi connectivity index (χ3v) is 3.92. The fourth-order valence-electron chi connectivity index (χ4n) is 1.22. The van der Waals surface area contributed by atoms with Crippen molar-refractivity contribution < 1.29 is 5.11 Å². The van der Waals surface area contributed by atoms with E-state index in [1.165, 1.54) is 0 Å². The molecule has 0 aliphatic carbocycles. The number of nitrogens with two attached hydrogens (primary N) is 1. The van der Waals surface area contributed by atoms with E-state index in [1.807, 2.05) is 18.2 Å². The van der Waals surface area contributed by atoms with Gasteiger partial charge in [-0.1, -0.05) is 6.07 Å². The average Bonchev–Trinajstić information content (AvgIpc) is 2.18. The molecule has 0 aromatic heterocycles. The molecule has 2 nitrogen and oxygen atoms in total. The molecule has 4 heteroatoms. The normalized spacial score (nSPS) is 12.9. The van der Waals surface area contributed by atoms with Crippen LogP contribution in [0.15, 0.2) is 27.1 Å². The lowest BCUT2D eigenvalue weighted by molar-refractivity contribution is 0.280. The van der Waals surface area contributed by atoms with Crippen molar-refractivity contribution in [1.29, 1.82) is 0 Å². The van der Waals surface area contributed by atoms with Crippen LogP contribution in [0, 0.1) is 0 Å². The van der Waals surface area contributed by atoms with Crippen LogP contribution in [-0.4, -0.2) is 11.7 Å². The molecule has 0 saturated heterocycles. The van der Waals surface area contributed by atoms with Crippen molar-refractivity contribution in [2.75, 3.05) is 6.61 Å². The van der Waals surface area contributed by atoms with Crippen LogP contribution in [0.4, 0.5) is 0 Å². The number of rotatable bonds is 4. The molecule has 14 heavy (non-hydrogen) atoms. The monoisotopic (exact) mass is 321 g/mol. The Labute approximate surface area is 101 Å². The molecular formula is C10H13Br2NO. The Balaban J connectivity index is 2.70. The largest absolute Gasteiger partial charge is 0.396 e. The van der Waals surface area contributed by atoms with Crippen molar-refractivity contribution in [3.05, 3.63) is 32.7 Å². The number of benzene rings is 1. The molecule has 0 saturated carbocycles. The predicted octanol–water partition coefficient (Wildman–Crippen LogP) is 2.98. The van der Waals surface area contributed by atoms with Crippen LogP contribution in [0.1, 0.15) is 24.4 Å².